The van der Waals surface area contributed by atoms with Crippen LogP contribution < -0.4 is 5.73 Å². The molecule has 0 unspecified atom stereocenters. The van der Waals surface area contributed by atoms with Crippen molar-refractivity contribution in [2.45, 2.75) is 0 Å². The van der Waals surface area contributed by atoms with Gasteiger partial charge in [0.25, 0.3) is 0 Å². The normalized spacial score (nSPS) is 10.4. The molecular formula is C5H9N3. The van der Waals surface area contributed by atoms with Gasteiger partial charge in [-0.05, 0) is 0 Å². The first-order chi connectivity index (χ1) is 3.68. The molecule has 0 radical (unpaired) electrons. The zero-order chi connectivity index (χ0) is 6.57. The van der Waals surface area contributed by atoms with Crippen LogP contribution in [-0.2, 0) is 0 Å². The predicted octanol–water partition coefficient (Wildman–Crippen LogP) is -0.128. The summed E-state index contributed by atoms with van der Waals surface area (Å²) in [5.74, 6) is 0.479. The Hall–Kier alpha value is -1.17. The first-order valence-electron chi connectivity index (χ1n) is 2.21. The highest BCUT2D eigenvalue weighted by Gasteiger charge is 1.86. The van der Waals surface area contributed by atoms with E-state index in [1.807, 2.05) is 6.07 Å². The topological polar surface area (TPSA) is 53.0 Å². The van der Waals surface area contributed by atoms with Crippen molar-refractivity contribution in [1.82, 2.24) is 4.90 Å². The van der Waals surface area contributed by atoms with Gasteiger partial charge in [0.05, 0.1) is 12.1 Å². The summed E-state index contributed by atoms with van der Waals surface area (Å²) in [6.07, 6.45) is 1.29. The van der Waals surface area contributed by atoms with Crippen LogP contribution in [0.5, 0.6) is 0 Å². The second kappa shape index (κ2) is 2.92. The Balaban J connectivity index is 3.85. The Morgan fingerprint density at radius 2 is 2.25 bits per heavy atom. The van der Waals surface area contributed by atoms with Gasteiger partial charge in [-0.1, -0.05) is 0 Å². The van der Waals surface area contributed by atoms with E-state index in [0.717, 1.165) is 0 Å². The van der Waals surface area contributed by atoms with Gasteiger partial charge in [-0.2, -0.15) is 5.26 Å². The van der Waals surface area contributed by atoms with Crippen LogP contribution in [0, 0.1) is 11.3 Å². The molecule has 0 rings (SSSR count). The highest BCUT2D eigenvalue weighted by Crippen LogP contribution is 1.83. The number of hydrogen-bond donors (Lipinski definition) is 1. The van der Waals surface area contributed by atoms with E-state index in [-0.39, 0.29) is 0 Å². The fourth-order valence-electron chi connectivity index (χ4n) is 0.195. The molecule has 0 amide bonds. The maximum absolute atomic E-state index is 8.05. The molecule has 0 spiro atoms. The Morgan fingerprint density at radius 3 is 2.38 bits per heavy atom. The summed E-state index contributed by atoms with van der Waals surface area (Å²) in [7, 11) is 3.56. The van der Waals surface area contributed by atoms with Crippen molar-refractivity contribution in [2.24, 2.45) is 5.73 Å². The minimum absolute atomic E-state index is 0.479. The van der Waals surface area contributed by atoms with Crippen LogP contribution in [0.15, 0.2) is 11.9 Å². The number of hydrogen-bond acceptors (Lipinski definition) is 3. The standard InChI is InChI=1S/C5H9N3/c1-8(2)5(7)3-4-6/h3H,7H2,1-2H3/b5-3+. The van der Waals surface area contributed by atoms with Crippen molar-refractivity contribution in [1.29, 1.82) is 5.26 Å². The summed E-state index contributed by atoms with van der Waals surface area (Å²) in [5, 5.41) is 8.05. The molecule has 0 aliphatic heterocycles. The van der Waals surface area contributed by atoms with Gasteiger partial charge in [0, 0.05) is 14.1 Å². The Kier molecular flexibility index (Phi) is 2.49. The molecule has 0 aromatic rings. The van der Waals surface area contributed by atoms with Crippen LogP contribution in [0.25, 0.3) is 0 Å². The van der Waals surface area contributed by atoms with Crippen LogP contribution in [0.4, 0.5) is 0 Å². The summed E-state index contributed by atoms with van der Waals surface area (Å²) in [6.45, 7) is 0. The minimum atomic E-state index is 0.479. The molecule has 0 fully saturated rings. The number of allylic oxidation sites excluding steroid dienone is 1. The van der Waals surface area contributed by atoms with Crippen LogP contribution >= 0.6 is 0 Å². The van der Waals surface area contributed by atoms with Gasteiger partial charge in [-0.15, -0.1) is 0 Å². The van der Waals surface area contributed by atoms with Crippen LogP contribution in [0.1, 0.15) is 0 Å². The molecule has 0 atom stereocenters. The van der Waals surface area contributed by atoms with Crippen LogP contribution in [0.2, 0.25) is 0 Å². The quantitative estimate of drug-likeness (QED) is 0.479. The molecule has 0 aliphatic carbocycles. The average Bonchev–Trinajstić information content (AvgIpc) is 1.67. The van der Waals surface area contributed by atoms with E-state index in [1.165, 1.54) is 6.08 Å². The third kappa shape index (κ3) is 2.08. The maximum atomic E-state index is 8.05. The lowest BCUT2D eigenvalue weighted by Gasteiger charge is -2.09. The summed E-state index contributed by atoms with van der Waals surface area (Å²) in [6, 6.07) is 1.82. The fraction of sp³-hybridized carbons (Fsp3) is 0.400. The largest absolute Gasteiger partial charge is 0.385 e. The second-order valence-electron chi connectivity index (χ2n) is 1.59. The molecule has 0 heterocycles. The van der Waals surface area contributed by atoms with E-state index in [9.17, 15) is 0 Å². The van der Waals surface area contributed by atoms with Crippen LogP contribution in [-0.4, -0.2) is 19.0 Å². The molecule has 0 saturated carbocycles. The number of rotatable bonds is 1. The fourth-order valence-corrected chi connectivity index (χ4v) is 0.195. The van der Waals surface area contributed by atoms with Crippen molar-refractivity contribution in [3.8, 4) is 6.07 Å². The Morgan fingerprint density at radius 1 is 1.75 bits per heavy atom. The molecule has 0 aromatic carbocycles. The van der Waals surface area contributed by atoms with E-state index in [4.69, 9.17) is 11.0 Å². The first kappa shape index (κ1) is 6.83. The molecule has 0 aromatic heterocycles. The molecule has 3 nitrogen and oxygen atoms in total. The molecule has 0 bridgehead atoms. The maximum Gasteiger partial charge on any atom is 0.109 e. The lowest BCUT2D eigenvalue weighted by Crippen LogP contribution is -2.17. The first-order valence-corrected chi connectivity index (χ1v) is 2.21. The van der Waals surface area contributed by atoms with Gasteiger partial charge < -0.3 is 10.6 Å². The summed E-state index contributed by atoms with van der Waals surface area (Å²) < 4.78 is 0. The van der Waals surface area contributed by atoms with E-state index >= 15 is 0 Å². The average molecular weight is 111 g/mol. The monoisotopic (exact) mass is 111 g/mol. The summed E-state index contributed by atoms with van der Waals surface area (Å²) >= 11 is 0. The van der Waals surface area contributed by atoms with Crippen molar-refractivity contribution in [3.63, 3.8) is 0 Å². The van der Waals surface area contributed by atoms with Crippen molar-refractivity contribution in [2.75, 3.05) is 14.1 Å². The highest BCUT2D eigenvalue weighted by atomic mass is 15.1. The van der Waals surface area contributed by atoms with Gasteiger partial charge >= 0.3 is 0 Å². The van der Waals surface area contributed by atoms with Gasteiger partial charge in [0.15, 0.2) is 0 Å². The minimum Gasteiger partial charge on any atom is -0.385 e. The molecular weight excluding hydrogens is 102 g/mol. The van der Waals surface area contributed by atoms with Gasteiger partial charge in [0.1, 0.15) is 5.82 Å². The van der Waals surface area contributed by atoms with Gasteiger partial charge in [-0.25, -0.2) is 0 Å². The number of nitrogens with zero attached hydrogens (tertiary/aromatic N) is 2. The molecule has 44 valence electrons. The lowest BCUT2D eigenvalue weighted by molar-refractivity contribution is 0.506. The molecule has 0 saturated heterocycles. The van der Waals surface area contributed by atoms with Crippen molar-refractivity contribution in [3.05, 3.63) is 11.9 Å². The number of nitrogens with two attached hydrogens (primary N) is 1. The second-order valence-corrected chi connectivity index (χ2v) is 1.59. The lowest BCUT2D eigenvalue weighted by atomic mass is 10.6. The predicted molar refractivity (Wildman–Crippen MR) is 31.6 cm³/mol. The van der Waals surface area contributed by atoms with E-state index in [1.54, 1.807) is 19.0 Å². The highest BCUT2D eigenvalue weighted by molar-refractivity contribution is 5.08. The van der Waals surface area contributed by atoms with Gasteiger partial charge in [0.2, 0.25) is 0 Å². The van der Waals surface area contributed by atoms with Gasteiger partial charge in [-0.3, -0.25) is 0 Å². The molecule has 2 N–H and O–H groups in total. The molecule has 0 aliphatic rings. The third-order valence-electron chi connectivity index (χ3n) is 0.729. The number of nitriles is 1. The molecule has 8 heavy (non-hydrogen) atoms. The molecule has 3 heteroatoms. The zero-order valence-electron chi connectivity index (χ0n) is 5.05. The van der Waals surface area contributed by atoms with E-state index in [0.29, 0.717) is 5.82 Å². The van der Waals surface area contributed by atoms with Crippen molar-refractivity contribution >= 4 is 0 Å². The van der Waals surface area contributed by atoms with E-state index in [2.05, 4.69) is 0 Å². The van der Waals surface area contributed by atoms with Crippen LogP contribution in [0.3, 0.4) is 0 Å². The Labute approximate surface area is 49.0 Å². The third-order valence-corrected chi connectivity index (χ3v) is 0.729. The van der Waals surface area contributed by atoms with E-state index < -0.39 is 0 Å². The summed E-state index contributed by atoms with van der Waals surface area (Å²) in [4.78, 5) is 1.67. The Bertz CT molecular complexity index is 129. The summed E-state index contributed by atoms with van der Waals surface area (Å²) in [5.41, 5.74) is 5.29. The SMILES string of the molecule is CN(C)/C(N)=C/C#N. The smallest absolute Gasteiger partial charge is 0.109 e. The zero-order valence-corrected chi connectivity index (χ0v) is 5.05. The van der Waals surface area contributed by atoms with Crippen molar-refractivity contribution < 1.29 is 0 Å².